The molecule has 2 fully saturated rings. The second-order valence-electron chi connectivity index (χ2n) is 13.2. The minimum atomic E-state index is -3.37. The average molecular weight is 647 g/mol. The molecule has 3 aliphatic rings. The van der Waals surface area contributed by atoms with E-state index in [1.807, 2.05) is 55.6 Å². The quantitative estimate of drug-likeness (QED) is 0.160. The Hall–Kier alpha value is -3.71. The number of aryl methyl sites for hydroxylation is 1. The van der Waals surface area contributed by atoms with E-state index in [2.05, 4.69) is 27.5 Å². The summed E-state index contributed by atoms with van der Waals surface area (Å²) in [5.41, 5.74) is 1.60. The van der Waals surface area contributed by atoms with Crippen molar-refractivity contribution in [2.45, 2.75) is 75.0 Å². The number of hydrogen-bond donors (Lipinski definition) is 3. The number of carbonyl (C=O) groups excluding carboxylic acids is 2. The molecule has 0 aliphatic carbocycles. The first kappa shape index (κ1) is 32.2. The van der Waals surface area contributed by atoms with Crippen LogP contribution in [0.2, 0.25) is 18.6 Å². The molecule has 1 spiro atoms. The van der Waals surface area contributed by atoms with E-state index in [0.29, 0.717) is 35.6 Å². The van der Waals surface area contributed by atoms with Crippen LogP contribution in [0.4, 0.5) is 15.5 Å². The van der Waals surface area contributed by atoms with Crippen LogP contribution < -0.4 is 15.5 Å². The minimum Gasteiger partial charge on any atom is -0.395 e. The van der Waals surface area contributed by atoms with E-state index in [1.165, 1.54) is 0 Å². The van der Waals surface area contributed by atoms with Crippen LogP contribution in [-0.2, 0) is 26.5 Å². The number of nitrogens with zero attached hydrogens (tertiary/aromatic N) is 4. The maximum Gasteiger partial charge on any atom is 0.264 e. The first-order valence-electron chi connectivity index (χ1n) is 16.1. The summed E-state index contributed by atoms with van der Waals surface area (Å²) < 4.78 is 24.8. The van der Waals surface area contributed by atoms with Gasteiger partial charge in [0.15, 0.2) is 5.60 Å². The molecule has 6 rings (SSSR count). The fourth-order valence-corrected chi connectivity index (χ4v) is 10.3. The van der Waals surface area contributed by atoms with Gasteiger partial charge in [-0.1, -0.05) is 48.5 Å². The van der Waals surface area contributed by atoms with Gasteiger partial charge >= 0.3 is 0 Å². The van der Waals surface area contributed by atoms with Crippen LogP contribution >= 0.6 is 0 Å². The maximum atomic E-state index is 16.3. The number of aliphatic hydroxyl groups excluding tert-OH is 1. The Bertz CT molecular complexity index is 1590. The summed E-state index contributed by atoms with van der Waals surface area (Å²) in [6, 6.07) is 14.9. The number of hydrogen-bond acceptors (Lipinski definition) is 7. The van der Waals surface area contributed by atoms with Crippen LogP contribution in [0.25, 0.3) is 0 Å². The molecule has 12 heteroatoms. The zero-order valence-corrected chi connectivity index (χ0v) is 27.7. The summed E-state index contributed by atoms with van der Waals surface area (Å²) in [5.74, 6) is -1.13. The summed E-state index contributed by atoms with van der Waals surface area (Å²) in [7, 11) is -3.37. The molecule has 1 unspecified atom stereocenters. The first-order chi connectivity index (χ1) is 22.1. The van der Waals surface area contributed by atoms with Crippen LogP contribution in [0.3, 0.4) is 0 Å². The standard InChI is InChI=1S/C34H43FN6O4Si/c1-5-17-41-29-14-13-24(37-32(43)27-12-9-16-36-27)19-26(29)34(33(41)44)22(2)31(46(3,4)35)30(45-34)15-18-40-20-28(38-39-40)25(21-42)23-10-7-6-8-11-23/h5-8,10-11,13-14,19-20,22,25,27,30-31,36,42H,1,9,12,15-18,21H2,2-4H3,(H,37,43)/t22-,25?,27-,30+,31-,34+/m1/s1. The van der Waals surface area contributed by atoms with Gasteiger partial charge in [0.25, 0.3) is 5.91 Å². The van der Waals surface area contributed by atoms with Gasteiger partial charge in [-0.15, -0.1) is 11.7 Å². The number of rotatable bonds is 11. The number of anilines is 2. The van der Waals surface area contributed by atoms with Crippen LogP contribution in [0.1, 0.15) is 48.9 Å². The second-order valence-corrected chi connectivity index (χ2v) is 17.0. The van der Waals surface area contributed by atoms with Crippen LogP contribution in [0.15, 0.2) is 67.4 Å². The highest BCUT2D eigenvalue weighted by molar-refractivity contribution is 6.72. The summed E-state index contributed by atoms with van der Waals surface area (Å²) in [4.78, 5) is 29.0. The molecule has 46 heavy (non-hydrogen) atoms. The number of aliphatic hydroxyl groups is 1. The molecule has 2 aromatic carbocycles. The van der Waals surface area contributed by atoms with Crippen molar-refractivity contribution in [3.63, 3.8) is 0 Å². The van der Waals surface area contributed by atoms with Crippen molar-refractivity contribution in [1.29, 1.82) is 0 Å². The Morgan fingerprint density at radius 3 is 2.76 bits per heavy atom. The van der Waals surface area contributed by atoms with Gasteiger partial charge in [0.2, 0.25) is 14.3 Å². The Balaban J connectivity index is 1.29. The van der Waals surface area contributed by atoms with E-state index < -0.39 is 31.6 Å². The first-order valence-corrected chi connectivity index (χ1v) is 19.1. The summed E-state index contributed by atoms with van der Waals surface area (Å²) in [6.07, 6.45) is 5.05. The number of fused-ring (bicyclic) bond motifs is 2. The third-order valence-electron chi connectivity index (χ3n) is 9.86. The van der Waals surface area contributed by atoms with Crippen molar-refractivity contribution < 1.29 is 23.5 Å². The monoisotopic (exact) mass is 646 g/mol. The Kier molecular flexibility index (Phi) is 8.99. The average Bonchev–Trinajstić information content (AvgIpc) is 3.82. The van der Waals surface area contributed by atoms with Gasteiger partial charge in [0.1, 0.15) is 0 Å². The van der Waals surface area contributed by atoms with Gasteiger partial charge < -0.3 is 29.5 Å². The smallest absolute Gasteiger partial charge is 0.264 e. The molecule has 3 aromatic rings. The van der Waals surface area contributed by atoms with Crippen molar-refractivity contribution in [2.75, 3.05) is 29.9 Å². The van der Waals surface area contributed by atoms with Crippen molar-refractivity contribution in [3.8, 4) is 0 Å². The lowest BCUT2D eigenvalue weighted by Crippen LogP contribution is -2.45. The molecule has 0 saturated carbocycles. The van der Waals surface area contributed by atoms with Crippen molar-refractivity contribution in [2.24, 2.45) is 5.92 Å². The predicted molar refractivity (Wildman–Crippen MR) is 177 cm³/mol. The zero-order chi connectivity index (χ0) is 32.6. The fourth-order valence-electron chi connectivity index (χ4n) is 7.74. The third-order valence-corrected chi connectivity index (χ3v) is 12.3. The van der Waals surface area contributed by atoms with Crippen LogP contribution in [0.5, 0.6) is 0 Å². The molecule has 0 radical (unpaired) electrons. The van der Waals surface area contributed by atoms with E-state index in [0.717, 1.165) is 24.9 Å². The molecule has 1 aromatic heterocycles. The molecule has 2 saturated heterocycles. The predicted octanol–water partition coefficient (Wildman–Crippen LogP) is 4.49. The number of halogens is 1. The topological polar surface area (TPSA) is 122 Å². The molecular weight excluding hydrogens is 603 g/mol. The van der Waals surface area contributed by atoms with Gasteiger partial charge in [-0.3, -0.25) is 14.3 Å². The second kappa shape index (κ2) is 12.8. The molecular formula is C34H43FN6O4Si. The van der Waals surface area contributed by atoms with Crippen LogP contribution in [-0.4, -0.2) is 72.2 Å². The number of carbonyl (C=O) groups is 2. The molecule has 10 nitrogen and oxygen atoms in total. The molecule has 4 heterocycles. The lowest BCUT2D eigenvalue weighted by Gasteiger charge is -2.31. The SMILES string of the molecule is C=CCN1C(=O)[C@@]2(O[C@@H](CCn3cc(C(CO)c4ccccc4)nn3)[C@H]([Si](C)(C)F)[C@H]2C)c2cc(NC(=O)[C@H]3CCCN3)ccc21. The van der Waals surface area contributed by atoms with E-state index in [1.54, 1.807) is 34.8 Å². The van der Waals surface area contributed by atoms with E-state index in [4.69, 9.17) is 4.74 Å². The Morgan fingerprint density at radius 2 is 2.09 bits per heavy atom. The van der Waals surface area contributed by atoms with Crippen molar-refractivity contribution >= 4 is 31.6 Å². The van der Waals surface area contributed by atoms with Gasteiger partial charge in [-0.05, 0) is 62.7 Å². The number of amides is 2. The third kappa shape index (κ3) is 5.72. The normalized spacial score (nSPS) is 26.5. The lowest BCUT2D eigenvalue weighted by molar-refractivity contribution is -0.145. The molecule has 244 valence electrons. The van der Waals surface area contributed by atoms with Gasteiger partial charge in [-0.25, -0.2) is 0 Å². The van der Waals surface area contributed by atoms with E-state index >= 15 is 4.11 Å². The minimum absolute atomic E-state index is 0.111. The molecule has 0 bridgehead atoms. The van der Waals surface area contributed by atoms with Gasteiger partial charge in [0, 0.05) is 42.0 Å². The van der Waals surface area contributed by atoms with Gasteiger partial charge in [0.05, 0.1) is 36.1 Å². The summed E-state index contributed by atoms with van der Waals surface area (Å²) >= 11 is 0. The fraction of sp³-hybridized carbons (Fsp3) is 0.471. The highest BCUT2D eigenvalue weighted by Crippen LogP contribution is 2.60. The molecule has 2 amide bonds. The van der Waals surface area contributed by atoms with Crippen molar-refractivity contribution in [1.82, 2.24) is 20.3 Å². The highest BCUT2D eigenvalue weighted by atomic mass is 28.4. The summed E-state index contributed by atoms with van der Waals surface area (Å²) in [6.45, 7) is 10.5. The Labute approximate surface area is 270 Å². The molecule has 3 aliphatic heterocycles. The lowest BCUT2D eigenvalue weighted by atomic mass is 9.82. The number of nitrogens with one attached hydrogen (secondary N) is 2. The number of aromatic nitrogens is 3. The zero-order valence-electron chi connectivity index (χ0n) is 26.7. The van der Waals surface area contributed by atoms with Crippen molar-refractivity contribution in [3.05, 3.63) is 84.2 Å². The van der Waals surface area contributed by atoms with Gasteiger partial charge in [-0.2, -0.15) is 0 Å². The summed E-state index contributed by atoms with van der Waals surface area (Å²) in [5, 5.41) is 25.0. The largest absolute Gasteiger partial charge is 0.395 e. The Morgan fingerprint density at radius 1 is 1.30 bits per heavy atom. The number of benzene rings is 2. The van der Waals surface area contributed by atoms with Crippen LogP contribution in [0, 0.1) is 5.92 Å². The maximum absolute atomic E-state index is 16.3. The molecule has 6 atom stereocenters. The van der Waals surface area contributed by atoms with E-state index in [9.17, 15) is 14.7 Å². The molecule has 3 N–H and O–H groups in total. The van der Waals surface area contributed by atoms with E-state index in [-0.39, 0.29) is 36.9 Å². The number of ether oxygens (including phenoxy) is 1. The highest BCUT2D eigenvalue weighted by Gasteiger charge is 2.66.